The molecule has 2 aromatic carbocycles. The Morgan fingerprint density at radius 3 is 2.89 bits per heavy atom. The van der Waals surface area contributed by atoms with Crippen LogP contribution < -0.4 is 5.32 Å². The zero-order valence-corrected chi connectivity index (χ0v) is 16.4. The second-order valence-electron chi connectivity index (χ2n) is 6.96. The molecule has 2 heterocycles. The van der Waals surface area contributed by atoms with E-state index in [0.717, 1.165) is 49.4 Å². The maximum atomic E-state index is 12.4. The Hall–Kier alpha value is -2.41. The lowest BCUT2D eigenvalue weighted by Gasteiger charge is -2.26. The van der Waals surface area contributed by atoms with E-state index in [9.17, 15) is 4.79 Å². The largest absolute Gasteiger partial charge is 0.379 e. The number of aromatic nitrogens is 2. The molecular formula is C21H23ClN4O2. The lowest BCUT2D eigenvalue weighted by molar-refractivity contribution is -0.116. The van der Waals surface area contributed by atoms with E-state index in [1.165, 1.54) is 5.56 Å². The molecule has 0 spiro atoms. The summed E-state index contributed by atoms with van der Waals surface area (Å²) in [6, 6.07) is 13.7. The Morgan fingerprint density at radius 2 is 2.04 bits per heavy atom. The molecule has 1 fully saturated rings. The predicted octanol–water partition coefficient (Wildman–Crippen LogP) is 3.55. The summed E-state index contributed by atoms with van der Waals surface area (Å²) in [5.41, 5.74) is 2.99. The van der Waals surface area contributed by atoms with Gasteiger partial charge >= 0.3 is 0 Å². The summed E-state index contributed by atoms with van der Waals surface area (Å²) < 4.78 is 7.22. The number of morpholine rings is 1. The second-order valence-corrected chi connectivity index (χ2v) is 7.39. The van der Waals surface area contributed by atoms with Crippen molar-refractivity contribution in [3.63, 3.8) is 0 Å². The number of rotatable bonds is 6. The van der Waals surface area contributed by atoms with Gasteiger partial charge in [-0.3, -0.25) is 14.4 Å². The molecule has 28 heavy (non-hydrogen) atoms. The molecular weight excluding hydrogens is 376 g/mol. The van der Waals surface area contributed by atoms with Gasteiger partial charge in [-0.15, -0.1) is 0 Å². The van der Waals surface area contributed by atoms with Gasteiger partial charge in [0.25, 0.3) is 0 Å². The van der Waals surface area contributed by atoms with Crippen LogP contribution in [0.25, 0.3) is 10.9 Å². The number of amides is 1. The van der Waals surface area contributed by atoms with Gasteiger partial charge < -0.3 is 10.1 Å². The van der Waals surface area contributed by atoms with Crippen LogP contribution in [0.1, 0.15) is 12.0 Å². The molecule has 4 rings (SSSR count). The molecule has 1 saturated heterocycles. The summed E-state index contributed by atoms with van der Waals surface area (Å²) in [7, 11) is 0. The number of carbonyl (C=O) groups excluding carboxylic acids is 1. The van der Waals surface area contributed by atoms with Gasteiger partial charge in [0.15, 0.2) is 0 Å². The number of halogens is 1. The highest BCUT2D eigenvalue weighted by atomic mass is 35.5. The van der Waals surface area contributed by atoms with E-state index in [1.54, 1.807) is 6.20 Å². The van der Waals surface area contributed by atoms with Crippen molar-refractivity contribution in [3.05, 3.63) is 59.2 Å². The highest BCUT2D eigenvalue weighted by Gasteiger charge is 2.11. The van der Waals surface area contributed by atoms with Gasteiger partial charge in [0.05, 0.1) is 31.5 Å². The highest BCUT2D eigenvalue weighted by molar-refractivity contribution is 6.31. The van der Waals surface area contributed by atoms with Crippen LogP contribution in [-0.2, 0) is 22.6 Å². The van der Waals surface area contributed by atoms with Crippen molar-refractivity contribution in [2.45, 2.75) is 19.5 Å². The Morgan fingerprint density at radius 1 is 1.18 bits per heavy atom. The van der Waals surface area contributed by atoms with E-state index in [0.29, 0.717) is 18.0 Å². The van der Waals surface area contributed by atoms with Crippen LogP contribution in [0.3, 0.4) is 0 Å². The topological polar surface area (TPSA) is 59.4 Å². The molecule has 1 N–H and O–H groups in total. The summed E-state index contributed by atoms with van der Waals surface area (Å²) in [6.07, 6.45) is 2.13. The van der Waals surface area contributed by atoms with Crippen LogP contribution in [0.5, 0.6) is 0 Å². The Kier molecular flexibility index (Phi) is 5.90. The van der Waals surface area contributed by atoms with Crippen molar-refractivity contribution in [1.29, 1.82) is 0 Å². The first-order chi connectivity index (χ1) is 13.7. The van der Waals surface area contributed by atoms with Gasteiger partial charge in [-0.2, -0.15) is 5.10 Å². The average Bonchev–Trinajstić information content (AvgIpc) is 3.09. The summed E-state index contributed by atoms with van der Waals surface area (Å²) in [6.45, 7) is 4.84. The van der Waals surface area contributed by atoms with E-state index in [2.05, 4.69) is 21.4 Å². The predicted molar refractivity (Wildman–Crippen MR) is 111 cm³/mol. The Balaban J connectivity index is 1.33. The molecule has 7 heteroatoms. The van der Waals surface area contributed by atoms with Gasteiger partial charge in [0, 0.05) is 42.2 Å². The van der Waals surface area contributed by atoms with E-state index in [-0.39, 0.29) is 5.91 Å². The molecule has 146 valence electrons. The molecule has 1 aromatic heterocycles. The minimum atomic E-state index is -0.0267. The molecule has 0 unspecified atom stereocenters. The number of carbonyl (C=O) groups is 1. The third-order valence-electron chi connectivity index (χ3n) is 4.88. The molecule has 1 amide bonds. The van der Waals surface area contributed by atoms with E-state index >= 15 is 0 Å². The molecule has 0 atom stereocenters. The fraction of sp³-hybridized carbons (Fsp3) is 0.333. The molecule has 0 radical (unpaired) electrons. The molecule has 1 aliphatic rings. The van der Waals surface area contributed by atoms with Gasteiger partial charge in [-0.05, 0) is 35.9 Å². The molecule has 0 saturated carbocycles. The standard InChI is InChI=1S/C21H23ClN4O2/c22-18-4-5-20-17(13-18)14-23-26(20)7-6-21(27)24-19-3-1-2-16(12-19)15-25-8-10-28-11-9-25/h1-5,12-14H,6-11,15H2,(H,24,27). The minimum absolute atomic E-state index is 0.0267. The van der Waals surface area contributed by atoms with Crippen LogP contribution in [0.2, 0.25) is 5.02 Å². The van der Waals surface area contributed by atoms with Gasteiger partial charge in [-0.25, -0.2) is 0 Å². The smallest absolute Gasteiger partial charge is 0.226 e. The SMILES string of the molecule is O=C(CCn1ncc2cc(Cl)ccc21)Nc1cccc(CN2CCOCC2)c1. The van der Waals surface area contributed by atoms with Crippen LogP contribution in [-0.4, -0.2) is 46.9 Å². The van der Waals surface area contributed by atoms with Crippen molar-refractivity contribution in [3.8, 4) is 0 Å². The summed E-state index contributed by atoms with van der Waals surface area (Å²) in [4.78, 5) is 14.8. The van der Waals surface area contributed by atoms with Crippen molar-refractivity contribution in [2.75, 3.05) is 31.6 Å². The monoisotopic (exact) mass is 398 g/mol. The first-order valence-corrected chi connectivity index (χ1v) is 9.85. The third kappa shape index (κ3) is 4.70. The lowest BCUT2D eigenvalue weighted by Crippen LogP contribution is -2.35. The van der Waals surface area contributed by atoms with Gasteiger partial charge in [-0.1, -0.05) is 23.7 Å². The zero-order valence-electron chi connectivity index (χ0n) is 15.6. The maximum absolute atomic E-state index is 12.4. The van der Waals surface area contributed by atoms with Crippen LogP contribution >= 0.6 is 11.6 Å². The number of ether oxygens (including phenoxy) is 1. The number of anilines is 1. The fourth-order valence-electron chi connectivity index (χ4n) is 3.43. The highest BCUT2D eigenvalue weighted by Crippen LogP contribution is 2.19. The summed E-state index contributed by atoms with van der Waals surface area (Å²) in [5.74, 6) is -0.0267. The molecule has 3 aromatic rings. The first kappa shape index (κ1) is 18.9. The van der Waals surface area contributed by atoms with Gasteiger partial charge in [0.1, 0.15) is 0 Å². The number of aryl methyl sites for hydroxylation is 1. The summed E-state index contributed by atoms with van der Waals surface area (Å²) in [5, 5.41) is 9.01. The van der Waals surface area contributed by atoms with Crippen molar-refractivity contribution < 1.29 is 9.53 Å². The lowest BCUT2D eigenvalue weighted by atomic mass is 10.1. The average molecular weight is 399 g/mol. The summed E-state index contributed by atoms with van der Waals surface area (Å²) >= 11 is 6.01. The normalized spacial score (nSPS) is 15.0. The number of nitrogens with zero attached hydrogens (tertiary/aromatic N) is 3. The van der Waals surface area contributed by atoms with Crippen molar-refractivity contribution in [1.82, 2.24) is 14.7 Å². The quantitative estimate of drug-likeness (QED) is 0.689. The molecule has 0 aliphatic carbocycles. The molecule has 1 aliphatic heterocycles. The Bertz CT molecular complexity index is 966. The number of nitrogens with one attached hydrogen (secondary N) is 1. The Labute approximate surface area is 169 Å². The molecule has 0 bridgehead atoms. The van der Waals surface area contributed by atoms with E-state index in [4.69, 9.17) is 16.3 Å². The third-order valence-corrected chi connectivity index (χ3v) is 5.11. The van der Waals surface area contributed by atoms with E-state index < -0.39 is 0 Å². The van der Waals surface area contributed by atoms with Crippen LogP contribution in [0.15, 0.2) is 48.7 Å². The minimum Gasteiger partial charge on any atom is -0.379 e. The van der Waals surface area contributed by atoms with Crippen molar-refractivity contribution in [2.24, 2.45) is 0 Å². The number of hydrogen-bond acceptors (Lipinski definition) is 4. The van der Waals surface area contributed by atoms with Crippen LogP contribution in [0.4, 0.5) is 5.69 Å². The second kappa shape index (κ2) is 8.73. The maximum Gasteiger partial charge on any atom is 0.226 e. The first-order valence-electron chi connectivity index (χ1n) is 9.47. The number of benzene rings is 2. The van der Waals surface area contributed by atoms with Crippen molar-refractivity contribution >= 4 is 34.1 Å². The number of fused-ring (bicyclic) bond motifs is 1. The number of hydrogen-bond donors (Lipinski definition) is 1. The van der Waals surface area contributed by atoms with Gasteiger partial charge in [0.2, 0.25) is 5.91 Å². The zero-order chi connectivity index (χ0) is 19.3. The van der Waals surface area contributed by atoms with Crippen LogP contribution in [0, 0.1) is 0 Å². The van der Waals surface area contributed by atoms with E-state index in [1.807, 2.05) is 41.1 Å². The molecule has 6 nitrogen and oxygen atoms in total. The fourth-order valence-corrected chi connectivity index (χ4v) is 3.61.